The zero-order valence-electron chi connectivity index (χ0n) is 14.3. The molecule has 0 saturated carbocycles. The van der Waals surface area contributed by atoms with Gasteiger partial charge in [-0.05, 0) is 32.0 Å². The third-order valence-corrected chi connectivity index (χ3v) is 4.55. The van der Waals surface area contributed by atoms with Crippen LogP contribution in [-0.2, 0) is 4.79 Å². The van der Waals surface area contributed by atoms with Gasteiger partial charge in [-0.2, -0.15) is 5.26 Å². The normalized spacial score (nSPS) is 10.1. The number of aromatic nitrogens is 1. The zero-order chi connectivity index (χ0) is 18.2. The van der Waals surface area contributed by atoms with Crippen molar-refractivity contribution in [1.82, 2.24) is 10.3 Å². The number of anilines is 1. The van der Waals surface area contributed by atoms with Crippen molar-refractivity contribution < 1.29 is 9.59 Å². The second-order valence-corrected chi connectivity index (χ2v) is 7.00. The maximum Gasteiger partial charge on any atom is 0.220 e. The molecule has 1 amide bonds. The number of rotatable bonds is 8. The maximum absolute atomic E-state index is 12.1. The summed E-state index contributed by atoms with van der Waals surface area (Å²) in [6, 6.07) is 7.30. The van der Waals surface area contributed by atoms with Gasteiger partial charge in [0.05, 0.1) is 5.56 Å². The third kappa shape index (κ3) is 5.40. The number of hydrogen-bond donors (Lipinski definition) is 2. The van der Waals surface area contributed by atoms with E-state index in [0.717, 1.165) is 15.3 Å². The SMILES string of the molecule is Cc1cc(C(=O)CCC(=O)NCCNc2ncccc2C#N)c(C)s1. The van der Waals surface area contributed by atoms with Crippen LogP contribution in [0.25, 0.3) is 0 Å². The first-order valence-corrected chi connectivity index (χ1v) is 8.79. The van der Waals surface area contributed by atoms with E-state index in [4.69, 9.17) is 5.26 Å². The van der Waals surface area contributed by atoms with Crippen molar-refractivity contribution in [2.75, 3.05) is 18.4 Å². The molecule has 130 valence electrons. The molecule has 0 bridgehead atoms. The predicted octanol–water partition coefficient (Wildman–Crippen LogP) is 2.82. The molecular weight excluding hydrogens is 336 g/mol. The van der Waals surface area contributed by atoms with Crippen LogP contribution in [0.3, 0.4) is 0 Å². The van der Waals surface area contributed by atoms with Crippen LogP contribution in [0.15, 0.2) is 24.4 Å². The second kappa shape index (κ2) is 8.94. The average molecular weight is 356 g/mol. The fourth-order valence-corrected chi connectivity index (χ4v) is 3.32. The molecule has 0 fully saturated rings. The van der Waals surface area contributed by atoms with E-state index in [-0.39, 0.29) is 24.5 Å². The van der Waals surface area contributed by atoms with Gasteiger partial charge in [-0.1, -0.05) is 0 Å². The van der Waals surface area contributed by atoms with E-state index in [0.29, 0.717) is 24.5 Å². The van der Waals surface area contributed by atoms with Crippen LogP contribution in [0.1, 0.15) is 38.5 Å². The van der Waals surface area contributed by atoms with E-state index in [1.54, 1.807) is 29.7 Å². The molecule has 0 unspecified atom stereocenters. The summed E-state index contributed by atoms with van der Waals surface area (Å²) in [5, 5.41) is 14.7. The topological polar surface area (TPSA) is 94.9 Å². The molecule has 0 aliphatic carbocycles. The van der Waals surface area contributed by atoms with Gasteiger partial charge in [0.1, 0.15) is 11.9 Å². The summed E-state index contributed by atoms with van der Waals surface area (Å²) in [6.07, 6.45) is 1.97. The van der Waals surface area contributed by atoms with Gasteiger partial charge in [0.25, 0.3) is 0 Å². The summed E-state index contributed by atoms with van der Waals surface area (Å²) in [6.45, 7) is 4.73. The Kier molecular flexibility index (Phi) is 6.66. The highest BCUT2D eigenvalue weighted by atomic mass is 32.1. The van der Waals surface area contributed by atoms with Gasteiger partial charge in [-0.15, -0.1) is 11.3 Å². The summed E-state index contributed by atoms with van der Waals surface area (Å²) < 4.78 is 0. The molecule has 0 aliphatic rings. The standard InChI is InChI=1S/C18H20N4O2S/c1-12-10-15(13(2)25-12)16(23)5-6-17(24)20-8-9-22-18-14(11-19)4-3-7-21-18/h3-4,7,10H,5-6,8-9H2,1-2H3,(H,20,24)(H,21,22). The van der Waals surface area contributed by atoms with Gasteiger partial charge in [0, 0.05) is 47.4 Å². The molecule has 2 heterocycles. The quantitative estimate of drug-likeness (QED) is 0.560. The molecule has 0 saturated heterocycles. The molecule has 2 aromatic heterocycles. The van der Waals surface area contributed by atoms with Crippen molar-refractivity contribution in [3.8, 4) is 6.07 Å². The number of pyridine rings is 1. The summed E-state index contributed by atoms with van der Waals surface area (Å²) in [7, 11) is 0. The van der Waals surface area contributed by atoms with E-state index < -0.39 is 0 Å². The van der Waals surface area contributed by atoms with Gasteiger partial charge in [-0.3, -0.25) is 9.59 Å². The fraction of sp³-hybridized carbons (Fsp3) is 0.333. The Morgan fingerprint density at radius 1 is 1.28 bits per heavy atom. The van der Waals surface area contributed by atoms with Crippen molar-refractivity contribution in [3.05, 3.63) is 45.3 Å². The molecule has 25 heavy (non-hydrogen) atoms. The molecule has 0 spiro atoms. The number of thiophene rings is 1. The van der Waals surface area contributed by atoms with Gasteiger partial charge >= 0.3 is 0 Å². The monoisotopic (exact) mass is 356 g/mol. The Labute approximate surface area is 150 Å². The van der Waals surface area contributed by atoms with Crippen molar-refractivity contribution in [3.63, 3.8) is 0 Å². The van der Waals surface area contributed by atoms with Crippen molar-refractivity contribution in [2.45, 2.75) is 26.7 Å². The van der Waals surface area contributed by atoms with Gasteiger partial charge < -0.3 is 10.6 Å². The number of carbonyl (C=O) groups excluding carboxylic acids is 2. The lowest BCUT2D eigenvalue weighted by molar-refractivity contribution is -0.120. The molecule has 0 atom stereocenters. The fourth-order valence-electron chi connectivity index (χ4n) is 2.38. The van der Waals surface area contributed by atoms with Crippen LogP contribution >= 0.6 is 11.3 Å². The largest absolute Gasteiger partial charge is 0.367 e. The van der Waals surface area contributed by atoms with Gasteiger partial charge in [0.15, 0.2) is 5.78 Å². The lowest BCUT2D eigenvalue weighted by atomic mass is 10.1. The van der Waals surface area contributed by atoms with Crippen molar-refractivity contribution in [1.29, 1.82) is 5.26 Å². The first-order valence-electron chi connectivity index (χ1n) is 7.97. The number of nitrogens with zero attached hydrogens (tertiary/aromatic N) is 2. The number of nitrogens with one attached hydrogen (secondary N) is 2. The minimum atomic E-state index is -0.165. The van der Waals surface area contributed by atoms with Gasteiger partial charge in [0.2, 0.25) is 5.91 Å². The van der Waals surface area contributed by atoms with Gasteiger partial charge in [-0.25, -0.2) is 4.98 Å². The first-order chi connectivity index (χ1) is 12.0. The molecule has 0 aromatic carbocycles. The lowest BCUT2D eigenvalue weighted by Gasteiger charge is -2.08. The molecule has 2 N–H and O–H groups in total. The lowest BCUT2D eigenvalue weighted by Crippen LogP contribution is -2.29. The molecular formula is C18H20N4O2S. The highest BCUT2D eigenvalue weighted by Gasteiger charge is 2.13. The minimum absolute atomic E-state index is 0.00210. The summed E-state index contributed by atoms with van der Waals surface area (Å²) >= 11 is 1.59. The number of amides is 1. The first kappa shape index (κ1) is 18.6. The summed E-state index contributed by atoms with van der Waals surface area (Å²) in [4.78, 5) is 30.2. The number of ketones is 1. The number of aryl methyl sites for hydroxylation is 2. The summed E-state index contributed by atoms with van der Waals surface area (Å²) in [5.41, 5.74) is 1.18. The second-order valence-electron chi connectivity index (χ2n) is 5.54. The average Bonchev–Trinajstić information content (AvgIpc) is 2.95. The van der Waals surface area contributed by atoms with Crippen LogP contribution in [0.5, 0.6) is 0 Å². The molecule has 2 aromatic rings. The van der Waals surface area contributed by atoms with Crippen LogP contribution in [-0.4, -0.2) is 29.8 Å². The highest BCUT2D eigenvalue weighted by molar-refractivity contribution is 7.12. The van der Waals surface area contributed by atoms with E-state index >= 15 is 0 Å². The Morgan fingerprint density at radius 2 is 2.08 bits per heavy atom. The highest BCUT2D eigenvalue weighted by Crippen LogP contribution is 2.22. The summed E-state index contributed by atoms with van der Waals surface area (Å²) in [5.74, 6) is 0.335. The molecule has 6 nitrogen and oxygen atoms in total. The Bertz CT molecular complexity index is 808. The molecule has 0 radical (unpaired) electrons. The number of carbonyl (C=O) groups is 2. The van der Waals surface area contributed by atoms with E-state index in [1.165, 1.54) is 0 Å². The zero-order valence-corrected chi connectivity index (χ0v) is 15.1. The van der Waals surface area contributed by atoms with Crippen molar-refractivity contribution >= 4 is 28.8 Å². The maximum atomic E-state index is 12.1. The number of nitriles is 1. The number of Topliss-reactive ketones (excluding diaryl/α,β-unsaturated/α-hetero) is 1. The Hall–Kier alpha value is -2.72. The van der Waals surface area contributed by atoms with E-state index in [9.17, 15) is 9.59 Å². The third-order valence-electron chi connectivity index (χ3n) is 3.59. The van der Waals surface area contributed by atoms with Crippen LogP contribution in [0.4, 0.5) is 5.82 Å². The smallest absolute Gasteiger partial charge is 0.220 e. The predicted molar refractivity (Wildman–Crippen MR) is 97.8 cm³/mol. The van der Waals surface area contributed by atoms with Crippen molar-refractivity contribution in [2.24, 2.45) is 0 Å². The molecule has 2 rings (SSSR count). The van der Waals surface area contributed by atoms with Crippen LogP contribution in [0.2, 0.25) is 0 Å². The van der Waals surface area contributed by atoms with Crippen LogP contribution in [0, 0.1) is 25.2 Å². The van der Waals surface area contributed by atoms with Crippen LogP contribution < -0.4 is 10.6 Å². The molecule has 7 heteroatoms. The Balaban J connectivity index is 1.70. The molecule has 0 aliphatic heterocycles. The Morgan fingerprint density at radius 3 is 2.76 bits per heavy atom. The minimum Gasteiger partial charge on any atom is -0.367 e. The van der Waals surface area contributed by atoms with E-state index in [1.807, 2.05) is 19.9 Å². The number of hydrogen-bond acceptors (Lipinski definition) is 6. The van der Waals surface area contributed by atoms with E-state index in [2.05, 4.69) is 21.7 Å².